The molecule has 0 radical (unpaired) electrons. The molecule has 1 unspecified atom stereocenters. The number of likely N-dealkylation sites (N-methyl/N-ethyl adjacent to an activating group) is 1. The van der Waals surface area contributed by atoms with Gasteiger partial charge in [-0.05, 0) is 56.1 Å². The first-order valence-corrected chi connectivity index (χ1v) is 8.32. The topological polar surface area (TPSA) is 12.0 Å². The molecule has 1 nitrogen and oxygen atoms in total. The van der Waals surface area contributed by atoms with Crippen molar-refractivity contribution in [1.29, 1.82) is 0 Å². The van der Waals surface area contributed by atoms with E-state index in [4.69, 9.17) is 23.2 Å². The second-order valence-corrected chi connectivity index (χ2v) is 7.21. The van der Waals surface area contributed by atoms with Gasteiger partial charge in [0.25, 0.3) is 0 Å². The van der Waals surface area contributed by atoms with E-state index in [0.29, 0.717) is 16.1 Å². The minimum atomic E-state index is 0.321. The van der Waals surface area contributed by atoms with Gasteiger partial charge in [-0.1, -0.05) is 36.2 Å². The molecule has 0 bridgehead atoms. The molecule has 0 aliphatic heterocycles. The van der Waals surface area contributed by atoms with E-state index in [1.54, 1.807) is 0 Å². The zero-order valence-corrected chi connectivity index (χ0v) is 14.3. The fraction of sp³-hybridized carbons (Fsp3) is 0.375. The van der Waals surface area contributed by atoms with Crippen LogP contribution in [0.5, 0.6) is 0 Å². The van der Waals surface area contributed by atoms with Crippen molar-refractivity contribution in [3.8, 4) is 0 Å². The van der Waals surface area contributed by atoms with Crippen molar-refractivity contribution < 1.29 is 0 Å². The van der Waals surface area contributed by atoms with Crippen LogP contribution < -0.4 is 5.32 Å². The highest BCUT2D eigenvalue weighted by Crippen LogP contribution is 2.30. The molecular formula is C16H19Cl2NS. The molecule has 0 spiro atoms. The first-order chi connectivity index (χ1) is 9.51. The van der Waals surface area contributed by atoms with E-state index in [0.717, 1.165) is 13.0 Å². The van der Waals surface area contributed by atoms with Crippen molar-refractivity contribution >= 4 is 34.5 Å². The summed E-state index contributed by atoms with van der Waals surface area (Å²) in [4.78, 5) is 2.74. The number of benzene rings is 1. The second kappa shape index (κ2) is 6.95. The van der Waals surface area contributed by atoms with Gasteiger partial charge >= 0.3 is 0 Å². The summed E-state index contributed by atoms with van der Waals surface area (Å²) in [6, 6.07) is 8.48. The Balaban J connectivity index is 2.25. The van der Waals surface area contributed by atoms with E-state index in [9.17, 15) is 0 Å². The van der Waals surface area contributed by atoms with E-state index >= 15 is 0 Å². The molecule has 0 fully saturated rings. The van der Waals surface area contributed by atoms with Gasteiger partial charge < -0.3 is 5.32 Å². The Bertz CT molecular complexity index is 592. The van der Waals surface area contributed by atoms with Crippen molar-refractivity contribution in [2.24, 2.45) is 0 Å². The van der Waals surface area contributed by atoms with E-state index in [-0.39, 0.29) is 0 Å². The lowest BCUT2D eigenvalue weighted by molar-refractivity contribution is 0.549. The van der Waals surface area contributed by atoms with Crippen LogP contribution in [0.3, 0.4) is 0 Å². The summed E-state index contributed by atoms with van der Waals surface area (Å²) < 4.78 is 0. The molecule has 0 aliphatic carbocycles. The number of halogens is 2. The number of thiophene rings is 1. The molecule has 4 heteroatoms. The fourth-order valence-corrected chi connectivity index (χ4v) is 3.75. The Morgan fingerprint density at radius 2 is 1.90 bits per heavy atom. The van der Waals surface area contributed by atoms with Crippen molar-refractivity contribution in [3.63, 3.8) is 0 Å². The number of hydrogen-bond acceptors (Lipinski definition) is 2. The molecule has 1 heterocycles. The van der Waals surface area contributed by atoms with Crippen molar-refractivity contribution in [2.45, 2.75) is 33.2 Å². The summed E-state index contributed by atoms with van der Waals surface area (Å²) >= 11 is 13.9. The average Bonchev–Trinajstić information content (AvgIpc) is 2.72. The molecular weight excluding hydrogens is 309 g/mol. The summed E-state index contributed by atoms with van der Waals surface area (Å²) in [5.41, 5.74) is 2.59. The van der Waals surface area contributed by atoms with Gasteiger partial charge in [0.05, 0.1) is 10.0 Å². The van der Waals surface area contributed by atoms with Gasteiger partial charge in [-0.3, -0.25) is 0 Å². The summed E-state index contributed by atoms with van der Waals surface area (Å²) in [5.74, 6) is 0. The highest BCUT2D eigenvalue weighted by Gasteiger charge is 2.16. The maximum atomic E-state index is 6.11. The molecule has 0 amide bonds. The number of rotatable bonds is 5. The molecule has 20 heavy (non-hydrogen) atoms. The van der Waals surface area contributed by atoms with Crippen LogP contribution in [0.1, 0.15) is 33.8 Å². The zero-order valence-electron chi connectivity index (χ0n) is 12.0. The first kappa shape index (κ1) is 15.8. The lowest BCUT2D eigenvalue weighted by atomic mass is 9.99. The van der Waals surface area contributed by atoms with Crippen LogP contribution in [0, 0.1) is 13.8 Å². The van der Waals surface area contributed by atoms with E-state index in [1.807, 2.05) is 29.5 Å². The van der Waals surface area contributed by atoms with E-state index < -0.39 is 0 Å². The molecule has 0 saturated carbocycles. The summed E-state index contributed by atoms with van der Waals surface area (Å²) in [5, 5.41) is 4.80. The zero-order chi connectivity index (χ0) is 14.7. The van der Waals surface area contributed by atoms with Gasteiger partial charge in [0.2, 0.25) is 0 Å². The van der Waals surface area contributed by atoms with Crippen LogP contribution >= 0.6 is 34.5 Å². The molecule has 0 saturated heterocycles. The first-order valence-electron chi connectivity index (χ1n) is 6.75. The summed E-state index contributed by atoms with van der Waals surface area (Å²) in [7, 11) is 0. The normalized spacial score (nSPS) is 12.7. The van der Waals surface area contributed by atoms with Gasteiger partial charge in [0.15, 0.2) is 0 Å². The molecule has 1 aromatic heterocycles. The lowest BCUT2D eigenvalue weighted by Gasteiger charge is -2.18. The molecule has 108 valence electrons. The Morgan fingerprint density at radius 3 is 2.45 bits per heavy atom. The largest absolute Gasteiger partial charge is 0.310 e. The molecule has 1 N–H and O–H groups in total. The van der Waals surface area contributed by atoms with Gasteiger partial charge in [-0.15, -0.1) is 11.3 Å². The Labute approximate surface area is 134 Å². The van der Waals surface area contributed by atoms with Crippen LogP contribution in [0.4, 0.5) is 0 Å². The number of hydrogen-bond donors (Lipinski definition) is 1. The van der Waals surface area contributed by atoms with Crippen LogP contribution in [0.15, 0.2) is 24.3 Å². The third-order valence-electron chi connectivity index (χ3n) is 3.33. The predicted octanol–water partition coefficient (Wildman–Crippen LogP) is 5.57. The average molecular weight is 328 g/mol. The quantitative estimate of drug-likeness (QED) is 0.757. The predicted molar refractivity (Wildman–Crippen MR) is 90.4 cm³/mol. The molecule has 2 aromatic rings. The Kier molecular flexibility index (Phi) is 5.50. The Hall–Kier alpha value is -0.540. The Morgan fingerprint density at radius 1 is 1.15 bits per heavy atom. The van der Waals surface area contributed by atoms with E-state index in [2.05, 4.69) is 32.2 Å². The molecule has 0 aliphatic rings. The van der Waals surface area contributed by atoms with Crippen LogP contribution in [0.25, 0.3) is 0 Å². The van der Waals surface area contributed by atoms with Crippen molar-refractivity contribution in [3.05, 3.63) is 55.2 Å². The second-order valence-electron chi connectivity index (χ2n) is 4.93. The van der Waals surface area contributed by atoms with Gasteiger partial charge in [0.1, 0.15) is 0 Å². The lowest BCUT2D eigenvalue weighted by Crippen LogP contribution is -2.23. The third-order valence-corrected chi connectivity index (χ3v) is 5.05. The van der Waals surface area contributed by atoms with E-state index in [1.165, 1.54) is 20.9 Å². The monoisotopic (exact) mass is 327 g/mol. The molecule has 1 atom stereocenters. The van der Waals surface area contributed by atoms with Gasteiger partial charge in [-0.25, -0.2) is 0 Å². The minimum Gasteiger partial charge on any atom is -0.310 e. The van der Waals surface area contributed by atoms with Crippen LogP contribution in [-0.4, -0.2) is 6.54 Å². The summed E-state index contributed by atoms with van der Waals surface area (Å²) in [6.45, 7) is 7.42. The maximum absolute atomic E-state index is 6.11. The van der Waals surface area contributed by atoms with Crippen LogP contribution in [0.2, 0.25) is 10.0 Å². The summed E-state index contributed by atoms with van der Waals surface area (Å²) in [6.07, 6.45) is 0.918. The SMILES string of the molecule is CCNC(Cc1ccc(Cl)c(Cl)c1)c1cc(C)sc1C. The smallest absolute Gasteiger partial charge is 0.0595 e. The van der Waals surface area contributed by atoms with Crippen LogP contribution in [-0.2, 0) is 6.42 Å². The number of aryl methyl sites for hydroxylation is 2. The van der Waals surface area contributed by atoms with Gasteiger partial charge in [0, 0.05) is 15.8 Å². The number of nitrogens with one attached hydrogen (secondary N) is 1. The van der Waals surface area contributed by atoms with Gasteiger partial charge in [-0.2, -0.15) is 0 Å². The molecule has 2 rings (SSSR count). The standard InChI is InChI=1S/C16H19Cl2NS/c1-4-19-16(13-7-10(2)20-11(13)3)9-12-5-6-14(17)15(18)8-12/h5-8,16,19H,4,9H2,1-3H3. The third kappa shape index (κ3) is 3.76. The van der Waals surface area contributed by atoms with Crippen molar-refractivity contribution in [1.82, 2.24) is 5.32 Å². The molecule has 1 aromatic carbocycles. The highest BCUT2D eigenvalue weighted by molar-refractivity contribution is 7.12. The maximum Gasteiger partial charge on any atom is 0.0595 e. The highest BCUT2D eigenvalue weighted by atomic mass is 35.5. The van der Waals surface area contributed by atoms with Crippen molar-refractivity contribution in [2.75, 3.05) is 6.54 Å². The fourth-order valence-electron chi connectivity index (χ4n) is 2.44. The minimum absolute atomic E-state index is 0.321.